The Kier molecular flexibility index (Phi) is 9.38. The highest BCUT2D eigenvalue weighted by Gasteiger charge is 2.67. The van der Waals surface area contributed by atoms with Crippen LogP contribution in [-0.4, -0.2) is 42.7 Å². The zero-order valence-corrected chi connectivity index (χ0v) is 25.9. The van der Waals surface area contributed by atoms with Gasteiger partial charge < -0.3 is 28.8 Å². The van der Waals surface area contributed by atoms with Crippen molar-refractivity contribution in [1.29, 1.82) is 0 Å². The lowest BCUT2D eigenvalue weighted by atomic mass is 9.78. The molecule has 0 radical (unpaired) electrons. The molecule has 1 N–H and O–H groups in total. The molecule has 230 valence electrons. The van der Waals surface area contributed by atoms with Crippen molar-refractivity contribution in [3.8, 4) is 5.75 Å². The number of benzene rings is 4. The van der Waals surface area contributed by atoms with E-state index in [-0.39, 0.29) is 19.1 Å². The fraction of sp³-hybridized carbons (Fsp3) is 0.351. The average molecular weight is 615 g/mol. The van der Waals surface area contributed by atoms with E-state index >= 15 is 0 Å². The van der Waals surface area contributed by atoms with E-state index in [4.69, 9.17) is 35.3 Å². The third-order valence-corrected chi connectivity index (χ3v) is 9.15. The second-order valence-electron chi connectivity index (χ2n) is 11.6. The summed E-state index contributed by atoms with van der Waals surface area (Å²) >= 11 is 6.76. The Morgan fingerprint density at radius 2 is 1.50 bits per heavy atom. The third-order valence-electron chi connectivity index (χ3n) is 8.78. The van der Waals surface area contributed by atoms with Gasteiger partial charge in [-0.05, 0) is 59.9 Å². The lowest BCUT2D eigenvalue weighted by Crippen LogP contribution is -2.63. The van der Waals surface area contributed by atoms with E-state index in [9.17, 15) is 5.11 Å². The molecule has 44 heavy (non-hydrogen) atoms. The number of hydrogen-bond acceptors (Lipinski definition) is 6. The average Bonchev–Trinajstić information content (AvgIpc) is 3.43. The van der Waals surface area contributed by atoms with Crippen LogP contribution < -0.4 is 4.74 Å². The minimum atomic E-state index is -1.32. The Morgan fingerprint density at radius 1 is 0.841 bits per heavy atom. The zero-order chi connectivity index (χ0) is 30.6. The van der Waals surface area contributed by atoms with Crippen LogP contribution in [0, 0.1) is 5.92 Å². The predicted octanol–water partition coefficient (Wildman–Crippen LogP) is 7.08. The fourth-order valence-electron chi connectivity index (χ4n) is 6.24. The largest absolute Gasteiger partial charge is 0.494 e. The summed E-state index contributed by atoms with van der Waals surface area (Å²) in [6.07, 6.45) is -0.462. The molecule has 7 heteroatoms. The summed E-state index contributed by atoms with van der Waals surface area (Å²) in [5.41, 5.74) is 3.93. The molecule has 0 unspecified atom stereocenters. The molecule has 0 amide bonds. The maximum atomic E-state index is 10.7. The van der Waals surface area contributed by atoms with E-state index in [1.165, 1.54) is 0 Å². The van der Waals surface area contributed by atoms with E-state index in [0.717, 1.165) is 33.6 Å². The number of halogens is 1. The van der Waals surface area contributed by atoms with Gasteiger partial charge in [-0.1, -0.05) is 97.4 Å². The molecule has 0 spiro atoms. The second-order valence-corrected chi connectivity index (χ2v) is 12.0. The van der Waals surface area contributed by atoms with Gasteiger partial charge in [0.2, 0.25) is 5.79 Å². The van der Waals surface area contributed by atoms with Gasteiger partial charge >= 0.3 is 0 Å². The van der Waals surface area contributed by atoms with Crippen molar-refractivity contribution in [2.45, 2.75) is 57.1 Å². The van der Waals surface area contributed by atoms with Crippen molar-refractivity contribution in [3.05, 3.63) is 136 Å². The van der Waals surface area contributed by atoms with Crippen LogP contribution in [0.25, 0.3) is 0 Å². The first kappa shape index (κ1) is 30.8. The lowest BCUT2D eigenvalue weighted by molar-refractivity contribution is -0.336. The van der Waals surface area contributed by atoms with Crippen molar-refractivity contribution in [2.75, 3.05) is 19.8 Å². The molecule has 0 aliphatic carbocycles. The number of aliphatic hydroxyl groups is 1. The Hall–Kier alpha value is -3.23. The molecule has 4 aromatic rings. The monoisotopic (exact) mass is 614 g/mol. The highest BCUT2D eigenvalue weighted by molar-refractivity contribution is 6.31. The van der Waals surface area contributed by atoms with Crippen LogP contribution in [-0.2, 0) is 44.4 Å². The molecule has 2 heterocycles. The minimum absolute atomic E-state index is 0.206. The van der Waals surface area contributed by atoms with E-state index < -0.39 is 23.6 Å². The highest BCUT2D eigenvalue weighted by Crippen LogP contribution is 2.54. The molecule has 4 aromatic carbocycles. The molecule has 5 atom stereocenters. The molecule has 2 bridgehead atoms. The smallest absolute Gasteiger partial charge is 0.225 e. The van der Waals surface area contributed by atoms with Gasteiger partial charge in [-0.15, -0.1) is 0 Å². The summed E-state index contributed by atoms with van der Waals surface area (Å²) in [5.74, 6) is -0.702. The molecule has 2 aliphatic heterocycles. The van der Waals surface area contributed by atoms with Gasteiger partial charge in [0.15, 0.2) is 0 Å². The SMILES string of the molecule is CCOc1ccc(Cc2cc([C@]34OC[C@](CO)(O3)[C@@H](C)[C@H](OCc3ccccc3)[C@H]4OCc3ccccc3)ccc2Cl)cc1. The van der Waals surface area contributed by atoms with Crippen molar-refractivity contribution in [2.24, 2.45) is 5.92 Å². The van der Waals surface area contributed by atoms with Gasteiger partial charge in [-0.2, -0.15) is 0 Å². The summed E-state index contributed by atoms with van der Waals surface area (Å²) in [5, 5.41) is 11.4. The van der Waals surface area contributed by atoms with Gasteiger partial charge in [0.25, 0.3) is 0 Å². The van der Waals surface area contributed by atoms with E-state index in [1.54, 1.807) is 0 Å². The lowest BCUT2D eigenvalue weighted by Gasteiger charge is -2.50. The standard InChI is InChI=1S/C37H39ClO6/c1-3-40-32-17-14-27(15-18-32)20-30-21-31(16-19-33(30)38)37-35(42-23-29-12-8-5-9-13-29)34(41-22-28-10-6-4-7-11-28)26(2)36(24-39,44-37)25-43-37/h4-19,21,26,34-35,39H,3,20,22-25H2,1-2H3/t26-,34-,35+,36-,37-/m0/s1. The molecule has 6 nitrogen and oxygen atoms in total. The summed E-state index contributed by atoms with van der Waals surface area (Å²) in [4.78, 5) is 0. The molecular formula is C37H39ClO6. The maximum Gasteiger partial charge on any atom is 0.225 e. The first-order valence-electron chi connectivity index (χ1n) is 15.2. The molecule has 6 rings (SSSR count). The van der Waals surface area contributed by atoms with Gasteiger partial charge in [0.1, 0.15) is 17.5 Å². The molecule has 0 aromatic heterocycles. The minimum Gasteiger partial charge on any atom is -0.494 e. The van der Waals surface area contributed by atoms with Gasteiger partial charge in [0.05, 0.1) is 39.1 Å². The van der Waals surface area contributed by atoms with Crippen molar-refractivity contribution >= 4 is 11.6 Å². The molecular weight excluding hydrogens is 576 g/mol. The summed E-state index contributed by atoms with van der Waals surface area (Å²) in [6, 6.07) is 34.0. The molecule has 2 saturated heterocycles. The van der Waals surface area contributed by atoms with Crippen LogP contribution in [0.1, 0.15) is 41.7 Å². The normalized spacial score (nSPS) is 26.0. The summed E-state index contributed by atoms with van der Waals surface area (Å²) in [7, 11) is 0. The zero-order valence-electron chi connectivity index (χ0n) is 25.2. The van der Waals surface area contributed by atoms with Crippen molar-refractivity contribution in [3.63, 3.8) is 0 Å². The van der Waals surface area contributed by atoms with Crippen LogP contribution in [0.15, 0.2) is 103 Å². The first-order valence-corrected chi connectivity index (χ1v) is 15.6. The fourth-order valence-corrected chi connectivity index (χ4v) is 6.43. The van der Waals surface area contributed by atoms with Crippen molar-refractivity contribution in [1.82, 2.24) is 0 Å². The number of fused-ring (bicyclic) bond motifs is 2. The molecule has 0 saturated carbocycles. The van der Waals surface area contributed by atoms with E-state index in [2.05, 4.69) is 0 Å². The van der Waals surface area contributed by atoms with Gasteiger partial charge in [-0.3, -0.25) is 0 Å². The number of aliphatic hydroxyl groups excluding tert-OH is 1. The van der Waals surface area contributed by atoms with Gasteiger partial charge in [-0.25, -0.2) is 0 Å². The third kappa shape index (κ3) is 6.16. The Labute approximate surface area is 264 Å². The van der Waals surface area contributed by atoms with Crippen LogP contribution >= 0.6 is 11.6 Å². The van der Waals surface area contributed by atoms with Crippen LogP contribution in [0.3, 0.4) is 0 Å². The Bertz CT molecular complexity index is 1510. The number of ether oxygens (including phenoxy) is 5. The van der Waals surface area contributed by atoms with Gasteiger partial charge in [0, 0.05) is 16.5 Å². The molecule has 2 fully saturated rings. The highest BCUT2D eigenvalue weighted by atomic mass is 35.5. The van der Waals surface area contributed by atoms with Crippen LogP contribution in [0.2, 0.25) is 5.02 Å². The second kappa shape index (κ2) is 13.4. The summed E-state index contributed by atoms with van der Waals surface area (Å²) < 4.78 is 32.5. The van der Waals surface area contributed by atoms with Crippen LogP contribution in [0.4, 0.5) is 0 Å². The topological polar surface area (TPSA) is 66.4 Å². The summed E-state index contributed by atoms with van der Waals surface area (Å²) in [6.45, 7) is 5.36. The first-order chi connectivity index (χ1) is 21.5. The maximum absolute atomic E-state index is 10.7. The Morgan fingerprint density at radius 3 is 2.14 bits per heavy atom. The van der Waals surface area contributed by atoms with E-state index in [0.29, 0.717) is 31.3 Å². The number of rotatable bonds is 12. The van der Waals surface area contributed by atoms with Crippen molar-refractivity contribution < 1.29 is 28.8 Å². The quantitative estimate of drug-likeness (QED) is 0.184. The predicted molar refractivity (Wildman–Crippen MR) is 170 cm³/mol. The van der Waals surface area contributed by atoms with E-state index in [1.807, 2.05) is 117 Å². The molecule has 2 aliphatic rings. The Balaban J connectivity index is 1.37. The van der Waals surface area contributed by atoms with Crippen LogP contribution in [0.5, 0.6) is 5.75 Å². The number of hydrogen-bond donors (Lipinski definition) is 1.